The number of amides is 1. The maximum absolute atomic E-state index is 12.5. The van der Waals surface area contributed by atoms with E-state index in [1.807, 2.05) is 0 Å². The maximum atomic E-state index is 12.5. The molecule has 0 unspecified atom stereocenters. The van der Waals surface area contributed by atoms with E-state index in [-0.39, 0.29) is 10.8 Å². The van der Waals surface area contributed by atoms with Crippen molar-refractivity contribution >= 4 is 45.1 Å². The normalized spacial score (nSPS) is 16.2. The van der Waals surface area contributed by atoms with Crippen molar-refractivity contribution in [2.45, 2.75) is 34.9 Å². The Bertz CT molecular complexity index is 899. The fourth-order valence-corrected chi connectivity index (χ4v) is 4.94. The number of thioether (sulfide) groups is 1. The van der Waals surface area contributed by atoms with Crippen molar-refractivity contribution < 1.29 is 13.2 Å². The predicted octanol–water partition coefficient (Wildman–Crippen LogP) is 3.03. The standard InChI is InChI=1S/C17H19ClN4O3S2/c1-12(17(23)21-15-6-4-13(18)10-19-15)26-16-7-5-14(11-20-16)27(24,25)22-8-2-3-9-22/h4-7,10-12H,2-3,8-9H2,1H3,(H,19,21,23)/t12-/m0/s1. The van der Waals surface area contributed by atoms with Crippen molar-refractivity contribution in [2.75, 3.05) is 18.4 Å². The fourth-order valence-electron chi connectivity index (χ4n) is 2.58. The average molecular weight is 427 g/mol. The summed E-state index contributed by atoms with van der Waals surface area (Å²) in [4.78, 5) is 20.7. The van der Waals surface area contributed by atoms with Gasteiger partial charge in [-0.3, -0.25) is 4.79 Å². The summed E-state index contributed by atoms with van der Waals surface area (Å²) in [5.41, 5.74) is 0. The summed E-state index contributed by atoms with van der Waals surface area (Å²) in [6, 6.07) is 6.42. The lowest BCUT2D eigenvalue weighted by Gasteiger charge is -2.15. The van der Waals surface area contributed by atoms with Crippen molar-refractivity contribution in [3.8, 4) is 0 Å². The number of hydrogen-bond donors (Lipinski definition) is 1. The Kier molecular flexibility index (Phi) is 6.36. The molecule has 7 nitrogen and oxygen atoms in total. The van der Waals surface area contributed by atoms with Gasteiger partial charge < -0.3 is 5.32 Å². The molecule has 1 amide bonds. The Hall–Kier alpha value is -1.68. The van der Waals surface area contributed by atoms with Gasteiger partial charge in [0.2, 0.25) is 15.9 Å². The number of carbonyl (C=O) groups is 1. The largest absolute Gasteiger partial charge is 0.310 e. The molecule has 3 rings (SSSR count). The lowest BCUT2D eigenvalue weighted by molar-refractivity contribution is -0.115. The van der Waals surface area contributed by atoms with Gasteiger partial charge in [-0.1, -0.05) is 23.4 Å². The monoisotopic (exact) mass is 426 g/mol. The lowest BCUT2D eigenvalue weighted by Crippen LogP contribution is -2.28. The Morgan fingerprint density at radius 2 is 1.93 bits per heavy atom. The first-order valence-corrected chi connectivity index (χ1v) is 11.1. The zero-order chi connectivity index (χ0) is 19.4. The molecule has 1 saturated heterocycles. The minimum atomic E-state index is -3.48. The van der Waals surface area contributed by atoms with Gasteiger partial charge in [0.25, 0.3) is 0 Å². The maximum Gasteiger partial charge on any atom is 0.244 e. The highest BCUT2D eigenvalue weighted by molar-refractivity contribution is 8.00. The Morgan fingerprint density at radius 3 is 2.52 bits per heavy atom. The molecule has 1 aliphatic heterocycles. The molecule has 0 radical (unpaired) electrons. The first kappa shape index (κ1) is 20.1. The molecule has 1 aliphatic rings. The van der Waals surface area contributed by atoms with Gasteiger partial charge in [-0.05, 0) is 44.0 Å². The third kappa shape index (κ3) is 4.98. The second-order valence-corrected chi connectivity index (χ2v) is 9.79. The molecule has 1 N–H and O–H groups in total. The number of rotatable bonds is 6. The molecule has 0 spiro atoms. The Balaban J connectivity index is 1.61. The van der Waals surface area contributed by atoms with Crippen LogP contribution in [0.15, 0.2) is 46.6 Å². The van der Waals surface area contributed by atoms with Crippen LogP contribution in [0.3, 0.4) is 0 Å². The minimum absolute atomic E-state index is 0.177. The molecule has 0 saturated carbocycles. The molecule has 0 aliphatic carbocycles. The number of halogens is 1. The van der Waals surface area contributed by atoms with E-state index in [1.54, 1.807) is 25.1 Å². The SMILES string of the molecule is C[C@H](Sc1ccc(S(=O)(=O)N2CCCC2)cn1)C(=O)Nc1ccc(Cl)cn1. The zero-order valence-electron chi connectivity index (χ0n) is 14.6. The smallest absolute Gasteiger partial charge is 0.244 e. The van der Waals surface area contributed by atoms with E-state index in [2.05, 4.69) is 15.3 Å². The third-order valence-electron chi connectivity index (χ3n) is 4.06. The number of aromatic nitrogens is 2. The Morgan fingerprint density at radius 1 is 1.19 bits per heavy atom. The number of carbonyl (C=O) groups excluding carboxylic acids is 1. The average Bonchev–Trinajstić information content (AvgIpc) is 3.19. The highest BCUT2D eigenvalue weighted by Gasteiger charge is 2.27. The first-order chi connectivity index (χ1) is 12.9. The molecular formula is C17H19ClN4O3S2. The molecule has 10 heteroatoms. The van der Waals surface area contributed by atoms with Crippen molar-refractivity contribution in [3.63, 3.8) is 0 Å². The molecule has 144 valence electrons. The van der Waals surface area contributed by atoms with Gasteiger partial charge in [-0.25, -0.2) is 18.4 Å². The zero-order valence-corrected chi connectivity index (χ0v) is 17.0. The van der Waals surface area contributed by atoms with Crippen LogP contribution in [0.25, 0.3) is 0 Å². The molecule has 1 fully saturated rings. The fraction of sp³-hybridized carbons (Fsp3) is 0.353. The lowest BCUT2D eigenvalue weighted by atomic mass is 10.4. The van der Waals surface area contributed by atoms with Crippen molar-refractivity contribution in [1.29, 1.82) is 0 Å². The van der Waals surface area contributed by atoms with Gasteiger partial charge in [-0.15, -0.1) is 0 Å². The molecule has 0 bridgehead atoms. The summed E-state index contributed by atoms with van der Waals surface area (Å²) >= 11 is 7.01. The molecule has 0 aromatic carbocycles. The van der Waals surface area contributed by atoms with E-state index in [4.69, 9.17) is 11.6 Å². The second-order valence-electron chi connectivity index (χ2n) is 6.05. The van der Waals surface area contributed by atoms with Gasteiger partial charge in [0, 0.05) is 25.5 Å². The first-order valence-electron chi connectivity index (χ1n) is 8.41. The van der Waals surface area contributed by atoms with E-state index in [9.17, 15) is 13.2 Å². The molecule has 2 aromatic rings. The highest BCUT2D eigenvalue weighted by atomic mass is 35.5. The molecular weight excluding hydrogens is 408 g/mol. The number of anilines is 1. The van der Waals surface area contributed by atoms with Crippen LogP contribution in [0.5, 0.6) is 0 Å². The van der Waals surface area contributed by atoms with Crippen LogP contribution in [-0.4, -0.2) is 46.9 Å². The van der Waals surface area contributed by atoms with E-state index in [0.29, 0.717) is 29.0 Å². The van der Waals surface area contributed by atoms with Crippen molar-refractivity contribution in [2.24, 2.45) is 0 Å². The molecule has 27 heavy (non-hydrogen) atoms. The van der Waals surface area contributed by atoms with Crippen LogP contribution in [-0.2, 0) is 14.8 Å². The quantitative estimate of drug-likeness (QED) is 0.713. The number of sulfonamides is 1. The Labute approximate surface area is 167 Å². The number of hydrogen-bond acceptors (Lipinski definition) is 6. The topological polar surface area (TPSA) is 92.3 Å². The summed E-state index contributed by atoms with van der Waals surface area (Å²) in [7, 11) is -3.48. The number of nitrogens with one attached hydrogen (secondary N) is 1. The van der Waals surface area contributed by atoms with Crippen LogP contribution in [0.1, 0.15) is 19.8 Å². The molecule has 1 atom stereocenters. The third-order valence-corrected chi connectivity index (χ3v) is 7.21. The summed E-state index contributed by atoms with van der Waals surface area (Å²) in [6.45, 7) is 2.84. The van der Waals surface area contributed by atoms with Crippen molar-refractivity contribution in [3.05, 3.63) is 41.7 Å². The van der Waals surface area contributed by atoms with Gasteiger partial charge in [-0.2, -0.15) is 4.31 Å². The molecule has 3 heterocycles. The summed E-state index contributed by atoms with van der Waals surface area (Å²) in [5, 5.41) is 3.33. The number of nitrogens with zero attached hydrogens (tertiary/aromatic N) is 3. The highest BCUT2D eigenvalue weighted by Crippen LogP contribution is 2.25. The van der Waals surface area contributed by atoms with Gasteiger partial charge in [0.15, 0.2) is 0 Å². The van der Waals surface area contributed by atoms with Crippen LogP contribution < -0.4 is 5.32 Å². The number of pyridine rings is 2. The van der Waals surface area contributed by atoms with Crippen LogP contribution in [0.2, 0.25) is 5.02 Å². The van der Waals surface area contributed by atoms with Crippen LogP contribution in [0, 0.1) is 0 Å². The minimum Gasteiger partial charge on any atom is -0.310 e. The molecule has 2 aromatic heterocycles. The van der Waals surface area contributed by atoms with E-state index < -0.39 is 15.3 Å². The second kappa shape index (κ2) is 8.55. The van der Waals surface area contributed by atoms with E-state index in [1.165, 1.54) is 34.5 Å². The van der Waals surface area contributed by atoms with Gasteiger partial charge in [0.1, 0.15) is 10.7 Å². The van der Waals surface area contributed by atoms with Crippen molar-refractivity contribution in [1.82, 2.24) is 14.3 Å². The summed E-state index contributed by atoms with van der Waals surface area (Å²) < 4.78 is 26.5. The summed E-state index contributed by atoms with van der Waals surface area (Å²) in [6.07, 6.45) is 4.57. The van der Waals surface area contributed by atoms with E-state index in [0.717, 1.165) is 12.8 Å². The van der Waals surface area contributed by atoms with E-state index >= 15 is 0 Å². The van der Waals surface area contributed by atoms with Gasteiger partial charge >= 0.3 is 0 Å². The predicted molar refractivity (Wildman–Crippen MR) is 105 cm³/mol. The van der Waals surface area contributed by atoms with Crippen LogP contribution >= 0.6 is 23.4 Å². The van der Waals surface area contributed by atoms with Crippen LogP contribution in [0.4, 0.5) is 5.82 Å². The van der Waals surface area contributed by atoms with Gasteiger partial charge in [0.05, 0.1) is 15.3 Å². The summed E-state index contributed by atoms with van der Waals surface area (Å²) in [5.74, 6) is 0.183.